The largest absolute Gasteiger partial charge is 0.416 e. The minimum Gasteiger partial charge on any atom is -0.343 e. The molecule has 0 aromatic heterocycles. The van der Waals surface area contributed by atoms with Gasteiger partial charge in [0.15, 0.2) is 5.78 Å². The number of carbonyl (C=O) groups excluding carboxylic acids is 2. The minimum absolute atomic E-state index is 0.0115. The highest BCUT2D eigenvalue weighted by atomic mass is 19.4. The van der Waals surface area contributed by atoms with Crippen LogP contribution in [0.1, 0.15) is 36.8 Å². The molecule has 2 aromatic rings. The van der Waals surface area contributed by atoms with Crippen molar-refractivity contribution in [2.45, 2.75) is 37.4 Å². The molecule has 1 heterocycles. The first kappa shape index (κ1) is 18.7. The third kappa shape index (κ3) is 2.99. The molecule has 1 amide bonds. The van der Waals surface area contributed by atoms with E-state index in [1.165, 1.54) is 24.3 Å². The molecule has 0 radical (unpaired) electrons. The summed E-state index contributed by atoms with van der Waals surface area (Å²) in [6.45, 7) is 1.68. The maximum absolute atomic E-state index is 14.8. The Bertz CT molecular complexity index is 963. The Morgan fingerprint density at radius 3 is 2.14 bits per heavy atom. The number of hydrogen-bond donors (Lipinski definition) is 1. The molecule has 1 N–H and O–H groups in total. The van der Waals surface area contributed by atoms with Crippen molar-refractivity contribution in [1.29, 1.82) is 0 Å². The molecular weight excluding hydrogens is 374 g/mol. The molecule has 4 rings (SSSR count). The van der Waals surface area contributed by atoms with Crippen molar-refractivity contribution in [3.05, 3.63) is 59.4 Å². The van der Waals surface area contributed by atoms with Crippen LogP contribution in [0.2, 0.25) is 0 Å². The van der Waals surface area contributed by atoms with Crippen molar-refractivity contribution < 1.29 is 27.2 Å². The van der Waals surface area contributed by atoms with Gasteiger partial charge in [-0.25, -0.2) is 4.39 Å². The summed E-state index contributed by atoms with van der Waals surface area (Å²) in [6, 6.07) is 8.39. The molecule has 1 saturated carbocycles. The molecule has 2 aliphatic rings. The van der Waals surface area contributed by atoms with Gasteiger partial charge in [0.1, 0.15) is 11.7 Å². The number of carbonyl (C=O) groups is 2. The van der Waals surface area contributed by atoms with E-state index < -0.39 is 34.9 Å². The van der Waals surface area contributed by atoms with Crippen LogP contribution in [0.3, 0.4) is 0 Å². The molecule has 28 heavy (non-hydrogen) atoms. The predicted octanol–water partition coefficient (Wildman–Crippen LogP) is 4.46. The van der Waals surface area contributed by atoms with E-state index in [1.54, 1.807) is 6.92 Å². The van der Waals surface area contributed by atoms with Crippen LogP contribution in [0.15, 0.2) is 42.5 Å². The number of nitrogens with one attached hydrogen (secondary N) is 1. The third-order valence-corrected chi connectivity index (χ3v) is 5.67. The number of alkyl halides is 3. The predicted molar refractivity (Wildman–Crippen MR) is 93.9 cm³/mol. The van der Waals surface area contributed by atoms with Crippen LogP contribution in [0.4, 0.5) is 17.6 Å². The molecule has 2 atom stereocenters. The summed E-state index contributed by atoms with van der Waals surface area (Å²) in [5, 5.41) is 2.72. The summed E-state index contributed by atoms with van der Waals surface area (Å²) < 4.78 is 52.8. The van der Waals surface area contributed by atoms with E-state index in [0.29, 0.717) is 11.1 Å². The first-order chi connectivity index (χ1) is 13.1. The minimum atomic E-state index is -4.45. The Kier molecular flexibility index (Phi) is 4.10. The van der Waals surface area contributed by atoms with Crippen molar-refractivity contribution in [3.8, 4) is 11.1 Å². The van der Waals surface area contributed by atoms with Gasteiger partial charge >= 0.3 is 6.18 Å². The Labute approximate surface area is 158 Å². The van der Waals surface area contributed by atoms with E-state index in [4.69, 9.17) is 0 Å². The lowest BCUT2D eigenvalue weighted by molar-refractivity contribution is -0.137. The fraction of sp³-hybridized carbons (Fsp3) is 0.333. The average molecular weight is 391 g/mol. The second-order valence-corrected chi connectivity index (χ2v) is 7.57. The van der Waals surface area contributed by atoms with E-state index in [0.717, 1.165) is 31.0 Å². The van der Waals surface area contributed by atoms with Gasteiger partial charge in [0.25, 0.3) is 0 Å². The Hall–Kier alpha value is -2.70. The van der Waals surface area contributed by atoms with Gasteiger partial charge in [0.2, 0.25) is 5.91 Å². The lowest BCUT2D eigenvalue weighted by Crippen LogP contribution is -2.45. The normalized spacial score (nSPS) is 25.1. The topological polar surface area (TPSA) is 46.2 Å². The van der Waals surface area contributed by atoms with Crippen LogP contribution in [0, 0.1) is 11.7 Å². The van der Waals surface area contributed by atoms with Crippen molar-refractivity contribution >= 4 is 11.7 Å². The molecule has 1 saturated heterocycles. The second-order valence-electron chi connectivity index (χ2n) is 7.57. The molecule has 1 aliphatic heterocycles. The zero-order valence-corrected chi connectivity index (χ0v) is 14.9. The summed E-state index contributed by atoms with van der Waals surface area (Å²) in [5.74, 6) is -2.69. The number of hydrogen-bond acceptors (Lipinski definition) is 2. The molecule has 0 bridgehead atoms. The van der Waals surface area contributed by atoms with Gasteiger partial charge in [-0.2, -0.15) is 13.2 Å². The SMILES string of the molecule is CC1(C2CC2)NC(=O)C(c2ccc(-c3ccc(C(F)(F)F)cc3)cc2F)C1=O. The zero-order valence-electron chi connectivity index (χ0n) is 14.9. The maximum atomic E-state index is 14.8. The maximum Gasteiger partial charge on any atom is 0.416 e. The van der Waals surface area contributed by atoms with Gasteiger partial charge in [-0.1, -0.05) is 24.3 Å². The Balaban J connectivity index is 1.63. The van der Waals surface area contributed by atoms with E-state index in [1.807, 2.05) is 0 Å². The molecular formula is C21H17F4NO2. The highest BCUT2D eigenvalue weighted by molar-refractivity contribution is 6.17. The van der Waals surface area contributed by atoms with Gasteiger partial charge in [-0.15, -0.1) is 0 Å². The monoisotopic (exact) mass is 391 g/mol. The average Bonchev–Trinajstić information content (AvgIpc) is 3.45. The van der Waals surface area contributed by atoms with Gasteiger partial charge in [0.05, 0.1) is 11.1 Å². The van der Waals surface area contributed by atoms with Crippen molar-refractivity contribution in [2.75, 3.05) is 0 Å². The first-order valence-electron chi connectivity index (χ1n) is 8.94. The number of benzene rings is 2. The van der Waals surface area contributed by atoms with E-state index >= 15 is 0 Å². The van der Waals surface area contributed by atoms with Gasteiger partial charge in [-0.05, 0) is 55.0 Å². The molecule has 0 spiro atoms. The molecule has 3 nitrogen and oxygen atoms in total. The number of amides is 1. The molecule has 2 aromatic carbocycles. The number of halogens is 4. The summed E-state index contributed by atoms with van der Waals surface area (Å²) in [4.78, 5) is 25.2. The molecule has 146 valence electrons. The third-order valence-electron chi connectivity index (χ3n) is 5.67. The zero-order chi connectivity index (χ0) is 20.3. The first-order valence-corrected chi connectivity index (χ1v) is 8.94. The van der Waals surface area contributed by atoms with Gasteiger partial charge in [0, 0.05) is 5.56 Å². The van der Waals surface area contributed by atoms with Crippen LogP contribution >= 0.6 is 0 Å². The number of ketones is 1. The summed E-state index contributed by atoms with van der Waals surface area (Å²) >= 11 is 0. The molecule has 1 aliphatic carbocycles. The fourth-order valence-electron chi connectivity index (χ4n) is 3.85. The van der Waals surface area contributed by atoms with Crippen molar-refractivity contribution in [3.63, 3.8) is 0 Å². The lowest BCUT2D eigenvalue weighted by Gasteiger charge is -2.21. The van der Waals surface area contributed by atoms with Crippen LogP contribution in [0.25, 0.3) is 11.1 Å². The summed E-state index contributed by atoms with van der Waals surface area (Å²) in [7, 11) is 0. The van der Waals surface area contributed by atoms with Gasteiger partial charge in [-0.3, -0.25) is 9.59 Å². The van der Waals surface area contributed by atoms with Crippen molar-refractivity contribution in [1.82, 2.24) is 5.32 Å². The smallest absolute Gasteiger partial charge is 0.343 e. The second kappa shape index (κ2) is 6.15. The van der Waals surface area contributed by atoms with E-state index in [9.17, 15) is 27.2 Å². The molecule has 2 unspecified atom stereocenters. The van der Waals surface area contributed by atoms with Gasteiger partial charge < -0.3 is 5.32 Å². The highest BCUT2D eigenvalue weighted by Crippen LogP contribution is 2.46. The standard InChI is InChI=1S/C21H17F4NO2/c1-20(13-7-8-13)18(27)17(19(28)26-20)15-9-4-12(10-16(15)22)11-2-5-14(6-3-11)21(23,24)25/h2-6,9-10,13,17H,7-8H2,1H3,(H,26,28). The van der Waals surface area contributed by atoms with E-state index in [-0.39, 0.29) is 17.3 Å². The van der Waals surface area contributed by atoms with Crippen molar-refractivity contribution in [2.24, 2.45) is 5.92 Å². The number of Topliss-reactive ketones (excluding diaryl/α,β-unsaturated/α-hetero) is 1. The van der Waals surface area contributed by atoms with Crippen LogP contribution in [-0.4, -0.2) is 17.2 Å². The molecule has 2 fully saturated rings. The fourth-order valence-corrected chi connectivity index (χ4v) is 3.85. The lowest BCUT2D eigenvalue weighted by atomic mass is 9.84. The summed E-state index contributed by atoms with van der Waals surface area (Å²) in [6.07, 6.45) is -2.74. The Morgan fingerprint density at radius 1 is 1.00 bits per heavy atom. The summed E-state index contributed by atoms with van der Waals surface area (Å²) in [5.41, 5.74) is -0.988. The van der Waals surface area contributed by atoms with Crippen LogP contribution in [-0.2, 0) is 15.8 Å². The number of rotatable bonds is 3. The highest BCUT2D eigenvalue weighted by Gasteiger charge is 2.57. The quantitative estimate of drug-likeness (QED) is 0.620. The van der Waals surface area contributed by atoms with Crippen LogP contribution < -0.4 is 5.32 Å². The molecule has 7 heteroatoms. The Morgan fingerprint density at radius 2 is 1.61 bits per heavy atom. The van der Waals surface area contributed by atoms with E-state index in [2.05, 4.69) is 5.32 Å². The van der Waals surface area contributed by atoms with Crippen LogP contribution in [0.5, 0.6) is 0 Å².